The lowest BCUT2D eigenvalue weighted by atomic mass is 9.99. The fraction of sp³-hybridized carbons (Fsp3) is 0.474. The number of hydrogen-bond donors (Lipinski definition) is 2. The van der Waals surface area contributed by atoms with Gasteiger partial charge in [0, 0.05) is 24.7 Å². The van der Waals surface area contributed by atoms with Gasteiger partial charge in [0.25, 0.3) is 0 Å². The van der Waals surface area contributed by atoms with Crippen LogP contribution in [0.25, 0.3) is 5.57 Å². The highest BCUT2D eigenvalue weighted by atomic mass is 19.1. The molecule has 0 radical (unpaired) electrons. The van der Waals surface area contributed by atoms with Gasteiger partial charge in [-0.2, -0.15) is 0 Å². The maximum atomic E-state index is 14.2. The summed E-state index contributed by atoms with van der Waals surface area (Å²) in [6.45, 7) is 4.71. The molecule has 2 rings (SSSR count). The lowest BCUT2D eigenvalue weighted by Gasteiger charge is -2.29. The van der Waals surface area contributed by atoms with Crippen molar-refractivity contribution in [3.05, 3.63) is 35.7 Å². The van der Waals surface area contributed by atoms with E-state index in [0.717, 1.165) is 5.57 Å². The van der Waals surface area contributed by atoms with E-state index in [9.17, 15) is 14.0 Å². The minimum atomic E-state index is -0.688. The maximum absolute atomic E-state index is 14.2. The second-order valence-electron chi connectivity index (χ2n) is 6.81. The number of methoxy groups -OCH3 is 1. The van der Waals surface area contributed by atoms with Crippen molar-refractivity contribution in [2.45, 2.75) is 32.7 Å². The zero-order chi connectivity index (χ0) is 19.3. The van der Waals surface area contributed by atoms with Crippen LogP contribution in [-0.4, -0.2) is 43.1 Å². The van der Waals surface area contributed by atoms with Crippen LogP contribution in [-0.2, 0) is 4.79 Å². The second kappa shape index (κ2) is 8.69. The van der Waals surface area contributed by atoms with E-state index in [2.05, 4.69) is 5.32 Å². The summed E-state index contributed by atoms with van der Waals surface area (Å²) in [4.78, 5) is 25.5. The Bertz CT molecular complexity index is 703. The summed E-state index contributed by atoms with van der Waals surface area (Å²) in [6, 6.07) is 3.72. The van der Waals surface area contributed by atoms with E-state index in [1.54, 1.807) is 17.0 Å². The highest BCUT2D eigenvalue weighted by Gasteiger charge is 2.24. The monoisotopic (exact) mass is 363 g/mol. The fourth-order valence-electron chi connectivity index (χ4n) is 2.94. The van der Waals surface area contributed by atoms with E-state index in [-0.39, 0.29) is 17.8 Å². The Balaban J connectivity index is 2.02. The van der Waals surface area contributed by atoms with Gasteiger partial charge >= 0.3 is 6.03 Å². The largest absolute Gasteiger partial charge is 0.497 e. The third kappa shape index (κ3) is 4.97. The molecule has 7 heteroatoms. The number of carbonyl (C=O) groups excluding carboxylic acids is 2. The summed E-state index contributed by atoms with van der Waals surface area (Å²) in [5, 5.41) is 2.69. The molecule has 1 aromatic carbocycles. The highest BCUT2D eigenvalue weighted by molar-refractivity contribution is 5.86. The van der Waals surface area contributed by atoms with Crippen molar-refractivity contribution in [2.75, 3.05) is 20.2 Å². The van der Waals surface area contributed by atoms with Gasteiger partial charge in [0.1, 0.15) is 17.6 Å². The molecular weight excluding hydrogens is 337 g/mol. The van der Waals surface area contributed by atoms with E-state index < -0.39 is 11.9 Å². The molecule has 3 amide bonds. The van der Waals surface area contributed by atoms with Crippen LogP contribution in [0.1, 0.15) is 32.3 Å². The van der Waals surface area contributed by atoms with Crippen molar-refractivity contribution >= 4 is 17.5 Å². The van der Waals surface area contributed by atoms with Gasteiger partial charge in [-0.05, 0) is 36.5 Å². The number of hydrogen-bond acceptors (Lipinski definition) is 3. The van der Waals surface area contributed by atoms with Crippen LogP contribution in [0.4, 0.5) is 9.18 Å². The first-order chi connectivity index (χ1) is 12.3. The van der Waals surface area contributed by atoms with E-state index in [1.807, 2.05) is 19.9 Å². The van der Waals surface area contributed by atoms with Crippen molar-refractivity contribution in [2.24, 2.45) is 11.7 Å². The molecule has 0 aromatic heterocycles. The molecule has 0 spiro atoms. The summed E-state index contributed by atoms with van der Waals surface area (Å²) >= 11 is 0. The van der Waals surface area contributed by atoms with Crippen molar-refractivity contribution < 1.29 is 18.7 Å². The van der Waals surface area contributed by atoms with Crippen molar-refractivity contribution in [1.29, 1.82) is 0 Å². The van der Waals surface area contributed by atoms with Crippen LogP contribution >= 0.6 is 0 Å². The normalized spacial score (nSPS) is 15.4. The van der Waals surface area contributed by atoms with Crippen LogP contribution < -0.4 is 15.8 Å². The lowest BCUT2D eigenvalue weighted by molar-refractivity contribution is -0.120. The Morgan fingerprint density at radius 1 is 1.38 bits per heavy atom. The molecule has 6 nitrogen and oxygen atoms in total. The summed E-state index contributed by atoms with van der Waals surface area (Å²) in [6.07, 6.45) is 2.85. The van der Waals surface area contributed by atoms with Gasteiger partial charge in [0.2, 0.25) is 5.91 Å². The van der Waals surface area contributed by atoms with Crippen molar-refractivity contribution in [1.82, 2.24) is 10.2 Å². The van der Waals surface area contributed by atoms with Gasteiger partial charge in [0.15, 0.2) is 0 Å². The Morgan fingerprint density at radius 3 is 2.62 bits per heavy atom. The number of benzene rings is 1. The number of carbonyl (C=O) groups is 2. The molecule has 0 fully saturated rings. The second-order valence-corrected chi connectivity index (χ2v) is 6.81. The number of urea groups is 1. The number of nitrogens with one attached hydrogen (secondary N) is 1. The first-order valence-corrected chi connectivity index (χ1v) is 8.69. The predicted octanol–water partition coefficient (Wildman–Crippen LogP) is 2.53. The SMILES string of the molecule is COc1ccc(C2=CCN(C(=O)NC(CC(C)C)C(N)=O)CC2)c(F)c1. The topological polar surface area (TPSA) is 84.7 Å². The van der Waals surface area contributed by atoms with Gasteiger partial charge < -0.3 is 20.7 Å². The number of amides is 3. The van der Waals surface area contributed by atoms with Crippen LogP contribution in [0.3, 0.4) is 0 Å². The minimum absolute atomic E-state index is 0.235. The molecule has 1 unspecified atom stereocenters. The molecule has 0 aliphatic carbocycles. The van der Waals surface area contributed by atoms with Crippen molar-refractivity contribution in [3.63, 3.8) is 0 Å². The van der Waals surface area contributed by atoms with E-state index in [0.29, 0.717) is 37.2 Å². The third-order valence-electron chi connectivity index (χ3n) is 4.37. The number of nitrogens with two attached hydrogens (primary N) is 1. The highest BCUT2D eigenvalue weighted by Crippen LogP contribution is 2.27. The molecule has 1 aromatic rings. The van der Waals surface area contributed by atoms with Gasteiger partial charge in [-0.3, -0.25) is 4.79 Å². The zero-order valence-corrected chi connectivity index (χ0v) is 15.4. The molecule has 1 atom stereocenters. The molecule has 1 aliphatic rings. The molecule has 1 heterocycles. The fourth-order valence-corrected chi connectivity index (χ4v) is 2.94. The van der Waals surface area contributed by atoms with Crippen LogP contribution in [0.5, 0.6) is 5.75 Å². The Kier molecular flexibility index (Phi) is 6.60. The van der Waals surface area contributed by atoms with Crippen molar-refractivity contribution in [3.8, 4) is 5.75 Å². The van der Waals surface area contributed by atoms with Crippen LogP contribution in [0, 0.1) is 11.7 Å². The summed E-state index contributed by atoms with van der Waals surface area (Å²) in [5.41, 5.74) is 6.73. The predicted molar refractivity (Wildman–Crippen MR) is 98.1 cm³/mol. The number of halogens is 1. The van der Waals surface area contributed by atoms with E-state index in [4.69, 9.17) is 10.5 Å². The van der Waals surface area contributed by atoms with Gasteiger partial charge in [-0.25, -0.2) is 9.18 Å². The Labute approximate surface area is 153 Å². The number of rotatable bonds is 6. The molecule has 1 aliphatic heterocycles. The molecular formula is C19H26FN3O3. The Hall–Kier alpha value is -2.57. The number of primary amides is 1. The minimum Gasteiger partial charge on any atom is -0.497 e. The van der Waals surface area contributed by atoms with Gasteiger partial charge in [0.05, 0.1) is 7.11 Å². The summed E-state index contributed by atoms with van der Waals surface area (Å²) in [5.74, 6) is -0.190. The van der Waals surface area contributed by atoms with Crippen LogP contribution in [0.15, 0.2) is 24.3 Å². The average molecular weight is 363 g/mol. The zero-order valence-electron chi connectivity index (χ0n) is 15.4. The lowest BCUT2D eigenvalue weighted by Crippen LogP contribution is -2.51. The molecule has 0 saturated heterocycles. The quantitative estimate of drug-likeness (QED) is 0.814. The molecule has 0 bridgehead atoms. The molecule has 3 N–H and O–H groups in total. The molecule has 26 heavy (non-hydrogen) atoms. The third-order valence-corrected chi connectivity index (χ3v) is 4.37. The maximum Gasteiger partial charge on any atom is 0.318 e. The van der Waals surface area contributed by atoms with Gasteiger partial charge in [-0.15, -0.1) is 0 Å². The van der Waals surface area contributed by atoms with E-state index in [1.165, 1.54) is 13.2 Å². The molecule has 0 saturated carbocycles. The number of nitrogens with zero attached hydrogens (tertiary/aromatic N) is 1. The van der Waals surface area contributed by atoms with Crippen LogP contribution in [0.2, 0.25) is 0 Å². The van der Waals surface area contributed by atoms with E-state index >= 15 is 0 Å². The van der Waals surface area contributed by atoms with Gasteiger partial charge in [-0.1, -0.05) is 19.9 Å². The number of ether oxygens (including phenoxy) is 1. The smallest absolute Gasteiger partial charge is 0.318 e. The summed E-state index contributed by atoms with van der Waals surface area (Å²) < 4.78 is 19.2. The first kappa shape index (κ1) is 19.8. The standard InChI is InChI=1S/C19H26FN3O3/c1-12(2)10-17(18(21)24)22-19(25)23-8-6-13(7-9-23)15-5-4-14(26-3)11-16(15)20/h4-6,11-12,17H,7-10H2,1-3H3,(H2,21,24)(H,22,25). The molecule has 142 valence electrons. The Morgan fingerprint density at radius 2 is 2.12 bits per heavy atom. The average Bonchev–Trinajstić information content (AvgIpc) is 2.60. The first-order valence-electron chi connectivity index (χ1n) is 8.69. The summed E-state index contributed by atoms with van der Waals surface area (Å²) in [7, 11) is 1.49.